The first kappa shape index (κ1) is 24.0. The summed E-state index contributed by atoms with van der Waals surface area (Å²) in [6.45, 7) is 13.4. The van der Waals surface area contributed by atoms with E-state index in [0.717, 1.165) is 45.0 Å². The maximum absolute atomic E-state index is 12.9. The molecule has 2 aromatic rings. The molecule has 0 radical (unpaired) electrons. The monoisotopic (exact) mass is 436 g/mol. The van der Waals surface area contributed by atoms with Crippen molar-refractivity contribution in [2.24, 2.45) is 4.99 Å². The van der Waals surface area contributed by atoms with Crippen molar-refractivity contribution in [3.8, 4) is 0 Å². The molecule has 0 aromatic heterocycles. The van der Waals surface area contributed by atoms with Crippen molar-refractivity contribution in [3.05, 3.63) is 65.2 Å². The Kier molecular flexibility index (Phi) is 8.42. The van der Waals surface area contributed by atoms with Gasteiger partial charge in [0.25, 0.3) is 5.91 Å². The summed E-state index contributed by atoms with van der Waals surface area (Å²) in [4.78, 5) is 19.9. The van der Waals surface area contributed by atoms with Crippen LogP contribution in [0.3, 0.4) is 0 Å². The summed E-state index contributed by atoms with van der Waals surface area (Å²) in [6, 6.07) is 16.0. The number of ether oxygens (including phenoxy) is 1. The van der Waals surface area contributed by atoms with Crippen LogP contribution in [0.5, 0.6) is 0 Å². The molecule has 0 aliphatic carbocycles. The number of anilines is 1. The van der Waals surface area contributed by atoms with E-state index < -0.39 is 0 Å². The largest absolute Gasteiger partial charge is 0.379 e. The Morgan fingerprint density at radius 3 is 2.47 bits per heavy atom. The van der Waals surface area contributed by atoms with Crippen molar-refractivity contribution in [2.75, 3.05) is 44.7 Å². The van der Waals surface area contributed by atoms with Gasteiger partial charge in [-0.05, 0) is 47.2 Å². The number of carbonyl (C=O) groups is 1. The molecule has 1 heterocycles. The van der Waals surface area contributed by atoms with E-state index in [4.69, 9.17) is 4.74 Å². The minimum absolute atomic E-state index is 0.0486. The van der Waals surface area contributed by atoms with E-state index in [2.05, 4.69) is 60.4 Å². The molecular weight excluding hydrogens is 400 g/mol. The second-order valence-electron chi connectivity index (χ2n) is 9.14. The van der Waals surface area contributed by atoms with Crippen LogP contribution in [0.4, 0.5) is 5.69 Å². The van der Waals surface area contributed by atoms with Crippen molar-refractivity contribution < 1.29 is 9.53 Å². The van der Waals surface area contributed by atoms with Crippen molar-refractivity contribution in [1.82, 2.24) is 10.2 Å². The Labute approximate surface area is 192 Å². The maximum Gasteiger partial charge on any atom is 0.257 e. The van der Waals surface area contributed by atoms with Gasteiger partial charge >= 0.3 is 0 Å². The number of nitrogens with zero attached hydrogens (tertiary/aromatic N) is 2. The summed E-state index contributed by atoms with van der Waals surface area (Å²) >= 11 is 0. The standard InChI is InChI=1S/C26H36N4O2/c1-5-20-7-6-8-23(19-20)28-25(27-13-14-30-15-17-32-18-16-30)29-24(31)21-9-11-22(12-10-21)26(2,3)4/h6-12,19H,5,13-18H2,1-4H3,(H2,27,28,29,31). The van der Waals surface area contributed by atoms with Crippen LogP contribution >= 0.6 is 0 Å². The number of benzene rings is 2. The van der Waals surface area contributed by atoms with E-state index in [1.807, 2.05) is 36.4 Å². The van der Waals surface area contributed by atoms with Gasteiger partial charge in [0, 0.05) is 30.9 Å². The van der Waals surface area contributed by atoms with Gasteiger partial charge in [0.05, 0.1) is 19.8 Å². The average molecular weight is 437 g/mol. The first-order valence-corrected chi connectivity index (χ1v) is 11.5. The second kappa shape index (κ2) is 11.2. The van der Waals surface area contributed by atoms with Crippen LogP contribution in [-0.2, 0) is 16.6 Å². The highest BCUT2D eigenvalue weighted by atomic mass is 16.5. The first-order valence-electron chi connectivity index (χ1n) is 11.5. The van der Waals surface area contributed by atoms with E-state index >= 15 is 0 Å². The summed E-state index contributed by atoms with van der Waals surface area (Å²) in [5, 5.41) is 6.27. The smallest absolute Gasteiger partial charge is 0.257 e. The highest BCUT2D eigenvalue weighted by Gasteiger charge is 2.15. The normalized spacial score (nSPS) is 15.4. The zero-order chi connectivity index (χ0) is 23.0. The number of aliphatic imine (C=N–C) groups is 1. The Bertz CT molecular complexity index is 910. The lowest BCUT2D eigenvalue weighted by atomic mass is 9.87. The summed E-state index contributed by atoms with van der Waals surface area (Å²) in [6.07, 6.45) is 0.950. The van der Waals surface area contributed by atoms with Crippen molar-refractivity contribution >= 4 is 17.6 Å². The molecule has 2 N–H and O–H groups in total. The molecule has 1 aliphatic heterocycles. The Hall–Kier alpha value is -2.70. The number of nitrogens with one attached hydrogen (secondary N) is 2. The minimum Gasteiger partial charge on any atom is -0.379 e. The van der Waals surface area contributed by atoms with E-state index in [1.54, 1.807) is 0 Å². The number of morpholine rings is 1. The van der Waals surface area contributed by atoms with Gasteiger partial charge in [-0.3, -0.25) is 20.0 Å². The molecular formula is C26H36N4O2. The lowest BCUT2D eigenvalue weighted by Gasteiger charge is -2.25. The molecule has 6 heteroatoms. The van der Waals surface area contributed by atoms with Crippen LogP contribution in [0.1, 0.15) is 49.2 Å². The molecule has 172 valence electrons. The van der Waals surface area contributed by atoms with Gasteiger partial charge in [0.1, 0.15) is 0 Å². The van der Waals surface area contributed by atoms with Crippen LogP contribution in [-0.4, -0.2) is 56.2 Å². The van der Waals surface area contributed by atoms with Gasteiger partial charge in [-0.1, -0.05) is 52.0 Å². The number of rotatable bonds is 6. The van der Waals surface area contributed by atoms with Crippen LogP contribution in [0.2, 0.25) is 0 Å². The average Bonchev–Trinajstić information content (AvgIpc) is 2.79. The summed E-state index contributed by atoms with van der Waals surface area (Å²) in [5.74, 6) is 0.297. The maximum atomic E-state index is 12.9. The Balaban J connectivity index is 1.71. The summed E-state index contributed by atoms with van der Waals surface area (Å²) in [7, 11) is 0. The molecule has 2 aromatic carbocycles. The van der Waals surface area contributed by atoms with Gasteiger partial charge in [-0.2, -0.15) is 0 Å². The number of hydrogen-bond donors (Lipinski definition) is 2. The van der Waals surface area contributed by atoms with E-state index in [-0.39, 0.29) is 11.3 Å². The minimum atomic E-state index is -0.172. The fraction of sp³-hybridized carbons (Fsp3) is 0.462. The Morgan fingerprint density at radius 2 is 1.81 bits per heavy atom. The van der Waals surface area contributed by atoms with E-state index in [9.17, 15) is 4.79 Å². The molecule has 0 unspecified atom stereocenters. The molecule has 3 rings (SSSR count). The van der Waals surface area contributed by atoms with Crippen molar-refractivity contribution in [1.29, 1.82) is 0 Å². The molecule has 6 nitrogen and oxygen atoms in total. The topological polar surface area (TPSA) is 66.0 Å². The predicted molar refractivity (Wildman–Crippen MR) is 132 cm³/mol. The third-order valence-electron chi connectivity index (χ3n) is 5.63. The molecule has 32 heavy (non-hydrogen) atoms. The quantitative estimate of drug-likeness (QED) is 0.529. The van der Waals surface area contributed by atoms with Crippen LogP contribution < -0.4 is 10.6 Å². The van der Waals surface area contributed by atoms with Gasteiger partial charge < -0.3 is 10.1 Å². The molecule has 0 atom stereocenters. The van der Waals surface area contributed by atoms with Gasteiger partial charge in [-0.25, -0.2) is 0 Å². The zero-order valence-corrected chi connectivity index (χ0v) is 19.8. The second-order valence-corrected chi connectivity index (χ2v) is 9.14. The molecule has 0 spiro atoms. The predicted octanol–water partition coefficient (Wildman–Crippen LogP) is 4.08. The number of amides is 1. The highest BCUT2D eigenvalue weighted by molar-refractivity contribution is 6.10. The number of guanidine groups is 1. The molecule has 0 bridgehead atoms. The van der Waals surface area contributed by atoms with E-state index in [1.165, 1.54) is 11.1 Å². The molecule has 1 amide bonds. The Morgan fingerprint density at radius 1 is 1.09 bits per heavy atom. The van der Waals surface area contributed by atoms with Crippen LogP contribution in [0.25, 0.3) is 0 Å². The van der Waals surface area contributed by atoms with Crippen LogP contribution in [0.15, 0.2) is 53.5 Å². The number of carbonyl (C=O) groups excluding carboxylic acids is 1. The molecule has 1 fully saturated rings. The number of hydrogen-bond acceptors (Lipinski definition) is 4. The van der Waals surface area contributed by atoms with Crippen LogP contribution in [0, 0.1) is 0 Å². The van der Waals surface area contributed by atoms with Gasteiger partial charge in [0.15, 0.2) is 0 Å². The fourth-order valence-electron chi connectivity index (χ4n) is 3.55. The molecule has 1 saturated heterocycles. The molecule has 0 saturated carbocycles. The van der Waals surface area contributed by atoms with Crippen molar-refractivity contribution in [3.63, 3.8) is 0 Å². The lowest BCUT2D eigenvalue weighted by molar-refractivity contribution is 0.0394. The van der Waals surface area contributed by atoms with E-state index in [0.29, 0.717) is 18.1 Å². The third-order valence-corrected chi connectivity index (χ3v) is 5.63. The summed E-state index contributed by atoms with van der Waals surface area (Å²) < 4.78 is 5.41. The van der Waals surface area contributed by atoms with Crippen molar-refractivity contribution in [2.45, 2.75) is 39.5 Å². The first-order chi connectivity index (χ1) is 15.3. The highest BCUT2D eigenvalue weighted by Crippen LogP contribution is 2.22. The third kappa shape index (κ3) is 7.18. The zero-order valence-electron chi connectivity index (χ0n) is 19.8. The number of aryl methyl sites for hydroxylation is 1. The van der Waals surface area contributed by atoms with Gasteiger partial charge in [-0.15, -0.1) is 0 Å². The fourth-order valence-corrected chi connectivity index (χ4v) is 3.55. The lowest BCUT2D eigenvalue weighted by Crippen LogP contribution is -2.39. The van der Waals surface area contributed by atoms with Gasteiger partial charge in [0.2, 0.25) is 5.96 Å². The molecule has 1 aliphatic rings. The SMILES string of the molecule is CCc1cccc(NC(=NCCN2CCOCC2)NC(=O)c2ccc(C(C)(C)C)cc2)c1. The summed E-state index contributed by atoms with van der Waals surface area (Å²) in [5.41, 5.74) is 4.00.